The molecule has 1 aromatic carbocycles. The number of thiazole rings is 1. The minimum Gasteiger partial charge on any atom is -0.494 e. The Hall–Kier alpha value is -1.66. The number of carbonyl (C=O) groups excluding carboxylic acids is 1. The minimum atomic E-state index is -0.524. The van der Waals surface area contributed by atoms with Crippen LogP contribution in [0.1, 0.15) is 26.2 Å². The number of aliphatic hydroxyl groups is 1. The van der Waals surface area contributed by atoms with Crippen molar-refractivity contribution < 1.29 is 14.6 Å². The molecule has 6 heteroatoms. The first kappa shape index (κ1) is 14.3. The third-order valence-corrected chi connectivity index (χ3v) is 4.65. The summed E-state index contributed by atoms with van der Waals surface area (Å²) in [7, 11) is 0. The van der Waals surface area contributed by atoms with Gasteiger partial charge in [-0.1, -0.05) is 11.3 Å². The van der Waals surface area contributed by atoms with E-state index in [9.17, 15) is 9.90 Å². The standard InChI is InChI=1S/C15H18N2O3S/c1-2-20-9-6-7-11-13(8-9)21-15(16-11)17-14(19)10-4-3-5-12(10)18/h6-8,10,12,18H,2-5H2,1H3,(H,16,17,19). The summed E-state index contributed by atoms with van der Waals surface area (Å²) in [6.07, 6.45) is 1.82. The fourth-order valence-electron chi connectivity index (χ4n) is 2.66. The Morgan fingerprint density at radius 1 is 1.52 bits per heavy atom. The number of ether oxygens (including phenoxy) is 1. The number of fused-ring (bicyclic) bond motifs is 1. The van der Waals surface area contributed by atoms with Crippen molar-refractivity contribution in [1.29, 1.82) is 0 Å². The van der Waals surface area contributed by atoms with E-state index in [2.05, 4.69) is 10.3 Å². The van der Waals surface area contributed by atoms with Gasteiger partial charge >= 0.3 is 0 Å². The van der Waals surface area contributed by atoms with Gasteiger partial charge in [-0.25, -0.2) is 4.98 Å². The van der Waals surface area contributed by atoms with E-state index >= 15 is 0 Å². The summed E-state index contributed by atoms with van der Waals surface area (Å²) in [5.74, 6) is 0.359. The summed E-state index contributed by atoms with van der Waals surface area (Å²) in [6.45, 7) is 2.56. The van der Waals surface area contributed by atoms with Crippen molar-refractivity contribution in [2.24, 2.45) is 5.92 Å². The lowest BCUT2D eigenvalue weighted by molar-refractivity contribution is -0.122. The quantitative estimate of drug-likeness (QED) is 0.911. The van der Waals surface area contributed by atoms with Gasteiger partial charge in [0.1, 0.15) is 5.75 Å². The van der Waals surface area contributed by atoms with Crippen molar-refractivity contribution in [2.45, 2.75) is 32.3 Å². The number of benzene rings is 1. The van der Waals surface area contributed by atoms with Crippen molar-refractivity contribution in [1.82, 2.24) is 4.98 Å². The molecule has 2 atom stereocenters. The fraction of sp³-hybridized carbons (Fsp3) is 0.467. The number of rotatable bonds is 4. The molecule has 0 spiro atoms. The second-order valence-corrected chi connectivity index (χ2v) is 6.21. The number of aromatic nitrogens is 1. The highest BCUT2D eigenvalue weighted by molar-refractivity contribution is 7.22. The number of aliphatic hydroxyl groups excluding tert-OH is 1. The summed E-state index contributed by atoms with van der Waals surface area (Å²) in [6, 6.07) is 5.69. The lowest BCUT2D eigenvalue weighted by Crippen LogP contribution is -2.28. The van der Waals surface area contributed by atoms with Gasteiger partial charge in [0.2, 0.25) is 5.91 Å². The van der Waals surface area contributed by atoms with Crippen LogP contribution in [-0.2, 0) is 4.79 Å². The highest BCUT2D eigenvalue weighted by Gasteiger charge is 2.31. The maximum Gasteiger partial charge on any atom is 0.231 e. The van der Waals surface area contributed by atoms with Crippen LogP contribution in [0.2, 0.25) is 0 Å². The molecule has 5 nitrogen and oxygen atoms in total. The Labute approximate surface area is 127 Å². The Bertz CT molecular complexity index is 655. The molecule has 2 N–H and O–H groups in total. The summed E-state index contributed by atoms with van der Waals surface area (Å²) >= 11 is 1.42. The van der Waals surface area contributed by atoms with E-state index in [-0.39, 0.29) is 11.8 Å². The topological polar surface area (TPSA) is 71.5 Å². The normalized spacial score (nSPS) is 21.6. The van der Waals surface area contributed by atoms with E-state index in [1.807, 2.05) is 25.1 Å². The van der Waals surface area contributed by atoms with E-state index in [1.54, 1.807) is 0 Å². The maximum absolute atomic E-state index is 12.1. The van der Waals surface area contributed by atoms with Crippen LogP contribution in [-0.4, -0.2) is 28.7 Å². The molecule has 1 saturated carbocycles. The molecule has 0 radical (unpaired) electrons. The first-order valence-corrected chi connectivity index (χ1v) is 8.01. The first-order chi connectivity index (χ1) is 10.2. The highest BCUT2D eigenvalue weighted by Crippen LogP contribution is 2.31. The van der Waals surface area contributed by atoms with Gasteiger partial charge in [0.15, 0.2) is 5.13 Å². The van der Waals surface area contributed by atoms with E-state index < -0.39 is 6.10 Å². The molecule has 1 aromatic heterocycles. The van der Waals surface area contributed by atoms with Crippen LogP contribution in [0.5, 0.6) is 5.75 Å². The number of carbonyl (C=O) groups is 1. The monoisotopic (exact) mass is 306 g/mol. The molecule has 0 aliphatic heterocycles. The van der Waals surface area contributed by atoms with E-state index in [4.69, 9.17) is 4.74 Å². The Balaban J connectivity index is 1.76. The smallest absolute Gasteiger partial charge is 0.231 e. The van der Waals surface area contributed by atoms with Gasteiger partial charge < -0.3 is 15.2 Å². The molecule has 1 aliphatic rings. The van der Waals surface area contributed by atoms with Crippen LogP contribution in [0.15, 0.2) is 18.2 Å². The number of nitrogens with zero attached hydrogens (tertiary/aromatic N) is 1. The summed E-state index contributed by atoms with van der Waals surface area (Å²) < 4.78 is 6.43. The molecule has 1 amide bonds. The zero-order chi connectivity index (χ0) is 14.8. The number of hydrogen-bond acceptors (Lipinski definition) is 5. The minimum absolute atomic E-state index is 0.135. The molecular formula is C15H18N2O3S. The van der Waals surface area contributed by atoms with Gasteiger partial charge in [0.25, 0.3) is 0 Å². The molecule has 1 aliphatic carbocycles. The maximum atomic E-state index is 12.1. The van der Waals surface area contributed by atoms with Crippen LogP contribution in [0, 0.1) is 5.92 Å². The Kier molecular flexibility index (Phi) is 4.07. The van der Waals surface area contributed by atoms with E-state index in [1.165, 1.54) is 11.3 Å². The van der Waals surface area contributed by atoms with E-state index in [0.717, 1.165) is 28.8 Å². The number of amides is 1. The van der Waals surface area contributed by atoms with Gasteiger partial charge in [0, 0.05) is 0 Å². The largest absolute Gasteiger partial charge is 0.494 e. The Morgan fingerprint density at radius 2 is 2.38 bits per heavy atom. The second-order valence-electron chi connectivity index (χ2n) is 5.18. The second kappa shape index (κ2) is 5.99. The summed E-state index contributed by atoms with van der Waals surface area (Å²) in [5.41, 5.74) is 0.839. The summed E-state index contributed by atoms with van der Waals surface area (Å²) in [4.78, 5) is 16.5. The van der Waals surface area contributed by atoms with Crippen LogP contribution < -0.4 is 10.1 Å². The third-order valence-electron chi connectivity index (χ3n) is 3.72. The Morgan fingerprint density at radius 3 is 3.10 bits per heavy atom. The number of nitrogens with one attached hydrogen (secondary N) is 1. The summed E-state index contributed by atoms with van der Waals surface area (Å²) in [5, 5.41) is 13.2. The van der Waals surface area contributed by atoms with Gasteiger partial charge in [0.05, 0.1) is 28.8 Å². The van der Waals surface area contributed by atoms with Crippen LogP contribution in [0.4, 0.5) is 5.13 Å². The molecule has 1 fully saturated rings. The molecule has 3 rings (SSSR count). The van der Waals surface area contributed by atoms with E-state index in [0.29, 0.717) is 18.2 Å². The average Bonchev–Trinajstić information content (AvgIpc) is 3.04. The fourth-order valence-corrected chi connectivity index (χ4v) is 3.56. The predicted molar refractivity (Wildman–Crippen MR) is 82.8 cm³/mol. The molecule has 0 saturated heterocycles. The van der Waals surface area contributed by atoms with Gasteiger partial charge in [-0.2, -0.15) is 0 Å². The van der Waals surface area contributed by atoms with Crippen molar-refractivity contribution in [3.05, 3.63) is 18.2 Å². The highest BCUT2D eigenvalue weighted by atomic mass is 32.1. The van der Waals surface area contributed by atoms with Crippen molar-refractivity contribution in [3.63, 3.8) is 0 Å². The molecular weight excluding hydrogens is 288 g/mol. The lowest BCUT2D eigenvalue weighted by atomic mass is 10.1. The zero-order valence-electron chi connectivity index (χ0n) is 11.8. The van der Waals surface area contributed by atoms with Crippen molar-refractivity contribution in [3.8, 4) is 5.75 Å². The van der Waals surface area contributed by atoms with Crippen molar-refractivity contribution in [2.75, 3.05) is 11.9 Å². The number of anilines is 1. The van der Waals surface area contributed by atoms with Gasteiger partial charge in [-0.05, 0) is 44.4 Å². The SMILES string of the molecule is CCOc1ccc2nc(NC(=O)C3CCCC3O)sc2c1. The van der Waals surface area contributed by atoms with Gasteiger partial charge in [-0.15, -0.1) is 0 Å². The number of hydrogen-bond donors (Lipinski definition) is 2. The molecule has 1 heterocycles. The van der Waals surface area contributed by atoms with Crippen molar-refractivity contribution >= 4 is 32.6 Å². The van der Waals surface area contributed by atoms with Gasteiger partial charge in [-0.3, -0.25) is 4.79 Å². The predicted octanol–water partition coefficient (Wildman–Crippen LogP) is 2.79. The van der Waals surface area contributed by atoms with Crippen LogP contribution >= 0.6 is 11.3 Å². The molecule has 112 valence electrons. The van der Waals surface area contributed by atoms with Crippen LogP contribution in [0.3, 0.4) is 0 Å². The van der Waals surface area contributed by atoms with Crippen LogP contribution in [0.25, 0.3) is 10.2 Å². The molecule has 0 bridgehead atoms. The zero-order valence-corrected chi connectivity index (χ0v) is 12.7. The first-order valence-electron chi connectivity index (χ1n) is 7.19. The molecule has 2 aromatic rings. The average molecular weight is 306 g/mol. The molecule has 21 heavy (non-hydrogen) atoms. The molecule has 2 unspecified atom stereocenters. The lowest BCUT2D eigenvalue weighted by Gasteiger charge is -2.12. The third kappa shape index (κ3) is 3.01.